The van der Waals surface area contributed by atoms with Crippen molar-refractivity contribution < 1.29 is 42.9 Å². The number of hydrogen-bond acceptors (Lipinski definition) is 10. The van der Waals surface area contributed by atoms with Gasteiger partial charge in [-0.3, -0.25) is 19.2 Å². The molecule has 0 aromatic heterocycles. The van der Waals surface area contributed by atoms with Crippen molar-refractivity contribution in [1.29, 1.82) is 0 Å². The van der Waals surface area contributed by atoms with E-state index >= 15 is 0 Å². The van der Waals surface area contributed by atoms with Crippen molar-refractivity contribution >= 4 is 35.6 Å². The van der Waals surface area contributed by atoms with Crippen molar-refractivity contribution in [2.75, 3.05) is 12.4 Å². The lowest BCUT2D eigenvalue weighted by Crippen LogP contribution is -2.61. The predicted molar refractivity (Wildman–Crippen MR) is 90.1 cm³/mol. The zero-order valence-corrected chi connectivity index (χ0v) is 16.2. The molecule has 0 amide bonds. The van der Waals surface area contributed by atoms with Gasteiger partial charge in [-0.15, -0.1) is 11.8 Å². The summed E-state index contributed by atoms with van der Waals surface area (Å²) in [6, 6.07) is 0. The largest absolute Gasteiger partial charge is 0.463 e. The van der Waals surface area contributed by atoms with E-state index in [-0.39, 0.29) is 6.61 Å². The van der Waals surface area contributed by atoms with Gasteiger partial charge >= 0.3 is 23.9 Å². The highest BCUT2D eigenvalue weighted by molar-refractivity contribution is 7.99. The summed E-state index contributed by atoms with van der Waals surface area (Å²) in [7, 11) is 0. The van der Waals surface area contributed by atoms with Crippen molar-refractivity contribution in [3.63, 3.8) is 0 Å². The maximum Gasteiger partial charge on any atom is 0.303 e. The topological polar surface area (TPSA) is 114 Å². The Labute approximate surface area is 156 Å². The van der Waals surface area contributed by atoms with Crippen LogP contribution in [0.25, 0.3) is 0 Å². The number of carbonyl (C=O) groups is 4. The Bertz CT molecular complexity index is 536. The summed E-state index contributed by atoms with van der Waals surface area (Å²) in [6.45, 7) is 6.48. The summed E-state index contributed by atoms with van der Waals surface area (Å²) < 4.78 is 26.7. The predicted octanol–water partition coefficient (Wildman–Crippen LogP) is 0.823. The molecule has 5 atom stereocenters. The first kappa shape index (κ1) is 22.2. The molecule has 26 heavy (non-hydrogen) atoms. The van der Waals surface area contributed by atoms with Crippen LogP contribution in [0.15, 0.2) is 0 Å². The van der Waals surface area contributed by atoms with Crippen molar-refractivity contribution in [3.05, 3.63) is 0 Å². The third kappa shape index (κ3) is 6.83. The highest BCUT2D eigenvalue weighted by atomic mass is 32.2. The molecule has 0 N–H and O–H groups in total. The van der Waals surface area contributed by atoms with Gasteiger partial charge in [0.05, 0.1) is 0 Å². The summed E-state index contributed by atoms with van der Waals surface area (Å²) in [6.07, 6.45) is -4.07. The van der Waals surface area contributed by atoms with E-state index in [4.69, 9.17) is 23.7 Å². The Balaban J connectivity index is 3.22. The number of ether oxygens (including phenoxy) is 5. The van der Waals surface area contributed by atoms with Crippen LogP contribution < -0.4 is 0 Å². The molecular weight excluding hydrogens is 368 g/mol. The van der Waals surface area contributed by atoms with Crippen molar-refractivity contribution in [1.82, 2.24) is 0 Å². The van der Waals surface area contributed by atoms with Crippen LogP contribution in [-0.4, -0.2) is 66.1 Å². The summed E-state index contributed by atoms with van der Waals surface area (Å²) >= 11 is 1.32. The number of hydrogen-bond donors (Lipinski definition) is 0. The minimum Gasteiger partial charge on any atom is -0.463 e. The summed E-state index contributed by atoms with van der Waals surface area (Å²) in [5.74, 6) is -1.81. The van der Waals surface area contributed by atoms with Crippen LogP contribution in [0.1, 0.15) is 34.6 Å². The molecule has 0 saturated carbocycles. The molecule has 0 unspecified atom stereocenters. The summed E-state index contributed by atoms with van der Waals surface area (Å²) in [4.78, 5) is 45.8. The van der Waals surface area contributed by atoms with Gasteiger partial charge in [-0.25, -0.2) is 0 Å². The molecule has 9 nitrogen and oxygen atoms in total. The molecule has 1 aliphatic rings. The van der Waals surface area contributed by atoms with E-state index in [2.05, 4.69) is 0 Å². The molecule has 0 aromatic rings. The van der Waals surface area contributed by atoms with Crippen molar-refractivity contribution in [3.8, 4) is 0 Å². The molecule has 1 rings (SSSR count). The van der Waals surface area contributed by atoms with Gasteiger partial charge in [0.1, 0.15) is 18.1 Å². The Morgan fingerprint density at radius 1 is 0.808 bits per heavy atom. The van der Waals surface area contributed by atoms with Crippen LogP contribution in [0.5, 0.6) is 0 Å². The number of thioether (sulfide) groups is 1. The molecular formula is C16H24O9S. The van der Waals surface area contributed by atoms with E-state index < -0.39 is 53.7 Å². The zero-order valence-electron chi connectivity index (χ0n) is 15.4. The first-order chi connectivity index (χ1) is 12.1. The van der Waals surface area contributed by atoms with Gasteiger partial charge < -0.3 is 23.7 Å². The van der Waals surface area contributed by atoms with Gasteiger partial charge in [-0.2, -0.15) is 0 Å². The normalized spacial score (nSPS) is 28.0. The lowest BCUT2D eigenvalue weighted by Gasteiger charge is -2.44. The number of esters is 4. The van der Waals surface area contributed by atoms with E-state index in [1.165, 1.54) is 39.5 Å². The molecule has 0 bridgehead atoms. The van der Waals surface area contributed by atoms with Crippen LogP contribution in [0.2, 0.25) is 0 Å². The first-order valence-corrected chi connectivity index (χ1v) is 9.12. The second-order valence-electron chi connectivity index (χ2n) is 5.52. The monoisotopic (exact) mass is 392 g/mol. The second-order valence-corrected chi connectivity index (χ2v) is 6.90. The SMILES string of the molecule is CCS[C@@H]1O[C@H](COC(C)=O)[C@@H](OC(C)=O)[C@H](OC(C)=O)[C@H]1OC(C)=O. The molecule has 1 aliphatic heterocycles. The minimum absolute atomic E-state index is 0.210. The number of rotatable bonds is 7. The molecule has 1 heterocycles. The molecule has 0 spiro atoms. The quantitative estimate of drug-likeness (QED) is 0.455. The fraction of sp³-hybridized carbons (Fsp3) is 0.750. The zero-order chi connectivity index (χ0) is 19.9. The molecule has 0 aliphatic carbocycles. The summed E-state index contributed by atoms with van der Waals surface area (Å²) in [5.41, 5.74) is -0.694. The van der Waals surface area contributed by atoms with E-state index in [1.807, 2.05) is 6.92 Å². The van der Waals surface area contributed by atoms with Crippen molar-refractivity contribution in [2.24, 2.45) is 0 Å². The standard InChI is InChI=1S/C16H24O9S/c1-6-26-16-15(24-11(5)20)14(23-10(4)19)13(22-9(3)18)12(25-16)7-21-8(2)17/h12-16H,6-7H2,1-5H3/t12-,13-,14+,15-,16+/m1/s1. The highest BCUT2D eigenvalue weighted by Gasteiger charge is 2.52. The highest BCUT2D eigenvalue weighted by Crippen LogP contribution is 2.34. The molecule has 10 heteroatoms. The fourth-order valence-corrected chi connectivity index (χ4v) is 3.44. The van der Waals surface area contributed by atoms with Crippen LogP contribution >= 0.6 is 11.8 Å². The average molecular weight is 392 g/mol. The summed E-state index contributed by atoms with van der Waals surface area (Å²) in [5, 5.41) is 0. The van der Waals surface area contributed by atoms with Crippen LogP contribution in [0.3, 0.4) is 0 Å². The fourth-order valence-electron chi connectivity index (χ4n) is 2.49. The molecule has 0 aromatic carbocycles. The average Bonchev–Trinajstić information content (AvgIpc) is 2.50. The van der Waals surface area contributed by atoms with Gasteiger partial charge in [0.2, 0.25) is 0 Å². The smallest absolute Gasteiger partial charge is 0.303 e. The van der Waals surface area contributed by atoms with E-state index in [9.17, 15) is 19.2 Å². The molecule has 148 valence electrons. The maximum absolute atomic E-state index is 11.6. The lowest BCUT2D eigenvalue weighted by atomic mass is 9.99. The van der Waals surface area contributed by atoms with E-state index in [1.54, 1.807) is 0 Å². The number of carbonyl (C=O) groups excluding carboxylic acids is 4. The molecule has 1 saturated heterocycles. The molecule has 0 radical (unpaired) electrons. The second kappa shape index (κ2) is 10.4. The van der Waals surface area contributed by atoms with Gasteiger partial charge in [-0.1, -0.05) is 6.92 Å². The van der Waals surface area contributed by atoms with Gasteiger partial charge in [0, 0.05) is 27.7 Å². The van der Waals surface area contributed by atoms with Gasteiger partial charge in [-0.05, 0) is 5.75 Å². The van der Waals surface area contributed by atoms with E-state index in [0.29, 0.717) is 5.75 Å². The van der Waals surface area contributed by atoms with Crippen LogP contribution in [-0.2, 0) is 42.9 Å². The van der Waals surface area contributed by atoms with Gasteiger partial charge in [0.15, 0.2) is 18.3 Å². The lowest BCUT2D eigenvalue weighted by molar-refractivity contribution is -0.237. The third-order valence-corrected chi connectivity index (χ3v) is 4.32. The Morgan fingerprint density at radius 2 is 1.31 bits per heavy atom. The Morgan fingerprint density at radius 3 is 1.77 bits per heavy atom. The van der Waals surface area contributed by atoms with Crippen LogP contribution in [0.4, 0.5) is 0 Å². The molecule has 1 fully saturated rings. The Kier molecular flexibility index (Phi) is 8.86. The van der Waals surface area contributed by atoms with Crippen molar-refractivity contribution in [2.45, 2.75) is 64.5 Å². The van der Waals surface area contributed by atoms with Gasteiger partial charge in [0.25, 0.3) is 0 Å². The van der Waals surface area contributed by atoms with Crippen LogP contribution in [0, 0.1) is 0 Å². The first-order valence-electron chi connectivity index (χ1n) is 8.07. The maximum atomic E-state index is 11.6. The Hall–Kier alpha value is -1.81. The third-order valence-electron chi connectivity index (χ3n) is 3.28. The van der Waals surface area contributed by atoms with E-state index in [0.717, 1.165) is 0 Å². The minimum atomic E-state index is -1.10.